The zero-order valence-corrected chi connectivity index (χ0v) is 12.0. The van der Waals surface area contributed by atoms with Crippen LogP contribution in [0.2, 0.25) is 0 Å². The SMILES string of the molecule is NC(=O)[C@H](C/C=C/c1ccccc1)NC(=O)c1ccccn1. The highest BCUT2D eigenvalue weighted by Gasteiger charge is 2.17. The summed E-state index contributed by atoms with van der Waals surface area (Å²) in [6, 6.07) is 13.9. The number of carbonyl (C=O) groups is 2. The number of nitrogens with one attached hydrogen (secondary N) is 1. The average Bonchev–Trinajstić information content (AvgIpc) is 2.55. The summed E-state index contributed by atoms with van der Waals surface area (Å²) >= 11 is 0. The number of hydrogen-bond donors (Lipinski definition) is 2. The fraction of sp³-hybridized carbons (Fsp3) is 0.118. The summed E-state index contributed by atoms with van der Waals surface area (Å²) in [5, 5.41) is 2.59. The fourth-order valence-corrected chi connectivity index (χ4v) is 1.88. The monoisotopic (exact) mass is 295 g/mol. The van der Waals surface area contributed by atoms with Crippen molar-refractivity contribution in [3.8, 4) is 0 Å². The van der Waals surface area contributed by atoms with Gasteiger partial charge in [-0.3, -0.25) is 14.6 Å². The van der Waals surface area contributed by atoms with Gasteiger partial charge in [-0.05, 0) is 24.1 Å². The van der Waals surface area contributed by atoms with Crippen LogP contribution in [0.25, 0.3) is 6.08 Å². The van der Waals surface area contributed by atoms with E-state index in [0.29, 0.717) is 6.42 Å². The maximum Gasteiger partial charge on any atom is 0.270 e. The average molecular weight is 295 g/mol. The number of primary amides is 1. The van der Waals surface area contributed by atoms with Crippen LogP contribution in [0.15, 0.2) is 60.8 Å². The van der Waals surface area contributed by atoms with E-state index in [9.17, 15) is 9.59 Å². The predicted octanol–water partition coefficient (Wildman–Crippen LogP) is 1.77. The molecule has 0 unspecified atom stereocenters. The smallest absolute Gasteiger partial charge is 0.270 e. The van der Waals surface area contributed by atoms with Gasteiger partial charge in [0.05, 0.1) is 0 Å². The van der Waals surface area contributed by atoms with E-state index in [4.69, 9.17) is 5.73 Å². The van der Waals surface area contributed by atoms with E-state index in [1.165, 1.54) is 6.20 Å². The fourth-order valence-electron chi connectivity index (χ4n) is 1.88. The van der Waals surface area contributed by atoms with Crippen molar-refractivity contribution < 1.29 is 9.59 Å². The van der Waals surface area contributed by atoms with Crippen molar-refractivity contribution in [1.82, 2.24) is 10.3 Å². The first-order chi connectivity index (χ1) is 10.7. The third-order valence-electron chi connectivity index (χ3n) is 3.03. The number of pyridine rings is 1. The minimum Gasteiger partial charge on any atom is -0.368 e. The van der Waals surface area contributed by atoms with E-state index >= 15 is 0 Å². The molecule has 22 heavy (non-hydrogen) atoms. The molecule has 0 radical (unpaired) electrons. The van der Waals surface area contributed by atoms with Crippen LogP contribution in [0.5, 0.6) is 0 Å². The van der Waals surface area contributed by atoms with Crippen LogP contribution in [0.4, 0.5) is 0 Å². The number of nitrogens with zero attached hydrogens (tertiary/aromatic N) is 1. The third kappa shape index (κ3) is 4.56. The zero-order chi connectivity index (χ0) is 15.8. The summed E-state index contributed by atoms with van der Waals surface area (Å²) in [5.41, 5.74) is 6.60. The van der Waals surface area contributed by atoms with Gasteiger partial charge >= 0.3 is 0 Å². The van der Waals surface area contributed by atoms with Crippen LogP contribution < -0.4 is 11.1 Å². The van der Waals surface area contributed by atoms with Crippen molar-refractivity contribution in [3.05, 3.63) is 72.1 Å². The van der Waals surface area contributed by atoms with Gasteiger partial charge in [0.15, 0.2) is 0 Å². The summed E-state index contributed by atoms with van der Waals surface area (Å²) in [5.74, 6) is -1.00. The first-order valence-corrected chi connectivity index (χ1v) is 6.89. The lowest BCUT2D eigenvalue weighted by molar-refractivity contribution is -0.119. The van der Waals surface area contributed by atoms with Gasteiger partial charge in [0.2, 0.25) is 5.91 Å². The quantitative estimate of drug-likeness (QED) is 0.851. The molecule has 0 spiro atoms. The summed E-state index contributed by atoms with van der Waals surface area (Å²) in [6.45, 7) is 0. The van der Waals surface area contributed by atoms with E-state index in [1.807, 2.05) is 42.5 Å². The molecule has 0 saturated carbocycles. The molecule has 0 aliphatic rings. The first-order valence-electron chi connectivity index (χ1n) is 6.89. The van der Waals surface area contributed by atoms with E-state index in [2.05, 4.69) is 10.3 Å². The maximum atomic E-state index is 12.0. The largest absolute Gasteiger partial charge is 0.368 e. The molecule has 1 atom stereocenters. The van der Waals surface area contributed by atoms with Crippen LogP contribution in [0.3, 0.4) is 0 Å². The second-order valence-electron chi connectivity index (χ2n) is 4.69. The highest BCUT2D eigenvalue weighted by Crippen LogP contribution is 2.04. The number of nitrogens with two attached hydrogens (primary N) is 1. The standard InChI is InChI=1S/C17H17N3O2/c18-16(21)14(11-6-9-13-7-2-1-3-8-13)20-17(22)15-10-4-5-12-19-15/h1-10,12,14H,11H2,(H2,18,21)(H,20,22)/b9-6+/t14-/m0/s1. The van der Waals surface area contributed by atoms with Crippen molar-refractivity contribution in [3.63, 3.8) is 0 Å². The Morgan fingerprint density at radius 2 is 1.86 bits per heavy atom. The third-order valence-corrected chi connectivity index (χ3v) is 3.03. The number of rotatable bonds is 6. The molecule has 5 nitrogen and oxygen atoms in total. The number of benzene rings is 1. The Hall–Kier alpha value is -2.95. The molecule has 1 heterocycles. The van der Waals surface area contributed by atoms with Gasteiger partial charge in [-0.15, -0.1) is 0 Å². The van der Waals surface area contributed by atoms with Gasteiger partial charge in [-0.25, -0.2) is 0 Å². The van der Waals surface area contributed by atoms with Crippen molar-refractivity contribution in [1.29, 1.82) is 0 Å². The lowest BCUT2D eigenvalue weighted by atomic mass is 10.1. The van der Waals surface area contributed by atoms with Crippen LogP contribution >= 0.6 is 0 Å². The molecule has 0 aliphatic heterocycles. The number of aromatic nitrogens is 1. The van der Waals surface area contributed by atoms with Crippen LogP contribution in [-0.2, 0) is 4.79 Å². The molecule has 5 heteroatoms. The first kappa shape index (κ1) is 15.4. The lowest BCUT2D eigenvalue weighted by Gasteiger charge is -2.13. The summed E-state index contributed by atoms with van der Waals surface area (Å²) in [7, 11) is 0. The van der Waals surface area contributed by atoms with Crippen LogP contribution in [0, 0.1) is 0 Å². The second-order valence-corrected chi connectivity index (χ2v) is 4.69. The van der Waals surface area contributed by atoms with Gasteiger partial charge in [-0.2, -0.15) is 0 Å². The Morgan fingerprint density at radius 3 is 2.50 bits per heavy atom. The van der Waals surface area contributed by atoms with Crippen molar-refractivity contribution in [2.24, 2.45) is 5.73 Å². The van der Waals surface area contributed by atoms with Crippen LogP contribution in [0.1, 0.15) is 22.5 Å². The predicted molar refractivity (Wildman–Crippen MR) is 84.8 cm³/mol. The Balaban J connectivity index is 1.97. The molecule has 2 rings (SSSR count). The highest BCUT2D eigenvalue weighted by atomic mass is 16.2. The zero-order valence-electron chi connectivity index (χ0n) is 12.0. The molecule has 1 aromatic heterocycles. The van der Waals surface area contributed by atoms with Crippen LogP contribution in [-0.4, -0.2) is 22.8 Å². The molecule has 2 amide bonds. The molecule has 1 aromatic carbocycles. The van der Waals surface area contributed by atoms with Crippen molar-refractivity contribution in [2.75, 3.05) is 0 Å². The Kier molecular flexibility index (Phi) is 5.43. The molecule has 0 fully saturated rings. The van der Waals surface area contributed by atoms with Gasteiger partial charge in [0.1, 0.15) is 11.7 Å². The molecule has 112 valence electrons. The minimum absolute atomic E-state index is 0.251. The second kappa shape index (κ2) is 7.73. The molecule has 0 bridgehead atoms. The van der Waals surface area contributed by atoms with E-state index in [-0.39, 0.29) is 5.69 Å². The molecule has 0 aliphatic carbocycles. The molecular formula is C17H17N3O2. The number of hydrogen-bond acceptors (Lipinski definition) is 3. The summed E-state index contributed by atoms with van der Waals surface area (Å²) < 4.78 is 0. The molecule has 3 N–H and O–H groups in total. The summed E-state index contributed by atoms with van der Waals surface area (Å²) in [4.78, 5) is 27.4. The van der Waals surface area contributed by atoms with E-state index < -0.39 is 17.9 Å². The van der Waals surface area contributed by atoms with Gasteiger partial charge in [0, 0.05) is 6.20 Å². The Bertz CT molecular complexity index is 654. The van der Waals surface area contributed by atoms with Gasteiger partial charge in [0.25, 0.3) is 5.91 Å². The number of carbonyl (C=O) groups excluding carboxylic acids is 2. The summed E-state index contributed by atoms with van der Waals surface area (Å²) in [6.07, 6.45) is 5.53. The Morgan fingerprint density at radius 1 is 1.14 bits per heavy atom. The van der Waals surface area contributed by atoms with E-state index in [0.717, 1.165) is 5.56 Å². The van der Waals surface area contributed by atoms with E-state index in [1.54, 1.807) is 18.2 Å². The normalized spacial score (nSPS) is 12.0. The lowest BCUT2D eigenvalue weighted by Crippen LogP contribution is -2.44. The molecule has 0 saturated heterocycles. The minimum atomic E-state index is -0.769. The highest BCUT2D eigenvalue weighted by molar-refractivity contribution is 5.95. The van der Waals surface area contributed by atoms with Crippen molar-refractivity contribution in [2.45, 2.75) is 12.5 Å². The maximum absolute atomic E-state index is 12.0. The molecular weight excluding hydrogens is 278 g/mol. The Labute approximate surface area is 128 Å². The number of amides is 2. The van der Waals surface area contributed by atoms with Gasteiger partial charge in [-0.1, -0.05) is 48.6 Å². The molecule has 2 aromatic rings. The topological polar surface area (TPSA) is 85.1 Å². The van der Waals surface area contributed by atoms with Gasteiger partial charge < -0.3 is 11.1 Å². The van der Waals surface area contributed by atoms with Crippen molar-refractivity contribution >= 4 is 17.9 Å².